The van der Waals surface area contributed by atoms with Crippen molar-refractivity contribution in [2.45, 2.75) is 20.3 Å². The highest BCUT2D eigenvalue weighted by Gasteiger charge is 2.23. The minimum absolute atomic E-state index is 0.110. The van der Waals surface area contributed by atoms with E-state index in [0.29, 0.717) is 56.5 Å². The summed E-state index contributed by atoms with van der Waals surface area (Å²) in [5.74, 6) is 1.95. The Labute approximate surface area is 284 Å². The summed E-state index contributed by atoms with van der Waals surface area (Å²) in [5.41, 5.74) is 3.17. The number of carbonyl (C=O) groups excluding carboxylic acids is 3. The first-order valence-electron chi connectivity index (χ1n) is 16.5. The Morgan fingerprint density at radius 2 is 1.21 bits per heavy atom. The minimum Gasteiger partial charge on any atom is -0.409 e. The van der Waals surface area contributed by atoms with Crippen LogP contribution < -0.4 is 33.6 Å². The molecule has 0 aromatic heterocycles. The average molecular weight is 677 g/mol. The summed E-state index contributed by atoms with van der Waals surface area (Å²) in [6, 6.07) is 23.5. The lowest BCUT2D eigenvalue weighted by Gasteiger charge is -2.35. The van der Waals surface area contributed by atoms with Crippen LogP contribution in [0.5, 0.6) is 17.2 Å². The molecule has 3 aromatic carbocycles. The van der Waals surface area contributed by atoms with Gasteiger partial charge in [-0.25, -0.2) is 0 Å². The van der Waals surface area contributed by atoms with E-state index in [1.807, 2.05) is 77.7 Å². The molecule has 1 atom stereocenters. The first-order chi connectivity index (χ1) is 23.4. The van der Waals surface area contributed by atoms with Crippen molar-refractivity contribution < 1.29 is 28.0 Å². The Morgan fingerprint density at radius 3 is 1.65 bits per heavy atom. The van der Waals surface area contributed by atoms with Crippen LogP contribution in [0.25, 0.3) is 0 Å². The van der Waals surface area contributed by atoms with E-state index < -0.39 is 8.60 Å². The van der Waals surface area contributed by atoms with E-state index in [4.69, 9.17) is 13.6 Å². The first kappa shape index (κ1) is 34.6. The highest BCUT2D eigenvalue weighted by atomic mass is 31.2. The summed E-state index contributed by atoms with van der Waals surface area (Å²) in [6.45, 7) is 11.8. The summed E-state index contributed by atoms with van der Waals surface area (Å²) in [4.78, 5) is 43.9. The van der Waals surface area contributed by atoms with Crippen LogP contribution in [-0.4, -0.2) is 101 Å². The second-order valence-corrected chi connectivity index (χ2v) is 12.7. The zero-order valence-electron chi connectivity index (χ0n) is 27.7. The topological polar surface area (TPSA) is 107 Å². The molecule has 3 amide bonds. The van der Waals surface area contributed by atoms with Gasteiger partial charge in [-0.2, -0.15) is 0 Å². The number of anilines is 3. The Morgan fingerprint density at radius 1 is 0.729 bits per heavy atom. The monoisotopic (exact) mass is 676 g/mol. The molecule has 256 valence electrons. The lowest BCUT2D eigenvalue weighted by atomic mass is 10.2. The molecule has 12 nitrogen and oxygen atoms in total. The summed E-state index contributed by atoms with van der Waals surface area (Å²) in [5, 5.41) is 2.73. The molecule has 5 rings (SSSR count). The maximum absolute atomic E-state index is 11.7. The van der Waals surface area contributed by atoms with Crippen molar-refractivity contribution in [3.8, 4) is 17.2 Å². The predicted octanol–water partition coefficient (Wildman–Crippen LogP) is 4.36. The molecule has 2 heterocycles. The largest absolute Gasteiger partial charge is 0.530 e. The number of nitrogens with one attached hydrogen (secondary N) is 1. The number of carbonyl (C=O) groups is 3. The third kappa shape index (κ3) is 9.67. The van der Waals surface area contributed by atoms with Crippen molar-refractivity contribution in [1.29, 1.82) is 0 Å². The molecule has 2 saturated heterocycles. The fourth-order valence-corrected chi connectivity index (χ4v) is 6.72. The summed E-state index contributed by atoms with van der Waals surface area (Å²) in [7, 11) is -1.88. The van der Waals surface area contributed by atoms with Crippen molar-refractivity contribution in [3.05, 3.63) is 72.8 Å². The molecule has 2 fully saturated rings. The van der Waals surface area contributed by atoms with Gasteiger partial charge >= 0.3 is 8.60 Å². The van der Waals surface area contributed by atoms with E-state index in [-0.39, 0.29) is 5.91 Å². The van der Waals surface area contributed by atoms with Crippen molar-refractivity contribution in [2.75, 3.05) is 86.7 Å². The second kappa shape index (κ2) is 17.5. The van der Waals surface area contributed by atoms with Gasteiger partial charge in [0.25, 0.3) is 0 Å². The number of nitrogens with zero attached hydrogens (tertiary/aromatic N) is 5. The molecule has 0 spiro atoms. The van der Waals surface area contributed by atoms with Crippen LogP contribution in [0.3, 0.4) is 0 Å². The molecule has 13 heteroatoms. The Kier molecular flexibility index (Phi) is 12.6. The van der Waals surface area contributed by atoms with E-state index >= 15 is 0 Å². The molecule has 2 aliphatic rings. The zero-order chi connectivity index (χ0) is 33.7. The van der Waals surface area contributed by atoms with Crippen LogP contribution in [0.15, 0.2) is 72.8 Å². The van der Waals surface area contributed by atoms with E-state index in [9.17, 15) is 14.4 Å². The predicted molar refractivity (Wildman–Crippen MR) is 189 cm³/mol. The Balaban J connectivity index is 1.27. The van der Waals surface area contributed by atoms with E-state index in [1.165, 1.54) is 0 Å². The number of hydrogen-bond acceptors (Lipinski definition) is 9. The van der Waals surface area contributed by atoms with Crippen LogP contribution in [0.4, 0.5) is 17.1 Å². The van der Waals surface area contributed by atoms with E-state index in [1.54, 1.807) is 11.8 Å². The van der Waals surface area contributed by atoms with Gasteiger partial charge in [0, 0.05) is 96.0 Å². The van der Waals surface area contributed by atoms with Crippen LogP contribution in [-0.2, 0) is 14.4 Å². The van der Waals surface area contributed by atoms with Crippen LogP contribution in [0.1, 0.15) is 20.3 Å². The average Bonchev–Trinajstić information content (AvgIpc) is 3.12. The third-order valence-corrected chi connectivity index (χ3v) is 9.52. The van der Waals surface area contributed by atoms with Gasteiger partial charge in [-0.05, 0) is 79.2 Å². The van der Waals surface area contributed by atoms with Gasteiger partial charge in [0.15, 0.2) is 0 Å². The normalized spacial score (nSPS) is 15.4. The third-order valence-electron chi connectivity index (χ3n) is 8.44. The fourth-order valence-electron chi connectivity index (χ4n) is 5.73. The molecule has 1 unspecified atom stereocenters. The van der Waals surface area contributed by atoms with Crippen molar-refractivity contribution in [2.24, 2.45) is 0 Å². The SMILES string of the molecule is CCCN(CCNC=O)c1ccc(OP(Oc2ccc(N3CCN(C=O)CC3)cc2)Oc2ccc(N3CCN(C(C)=O)CC3)cc2)cc1. The molecule has 0 bridgehead atoms. The van der Waals surface area contributed by atoms with Gasteiger partial charge < -0.3 is 43.4 Å². The van der Waals surface area contributed by atoms with Crippen LogP contribution >= 0.6 is 8.60 Å². The van der Waals surface area contributed by atoms with E-state index in [0.717, 1.165) is 69.0 Å². The maximum atomic E-state index is 11.7. The van der Waals surface area contributed by atoms with Crippen LogP contribution in [0.2, 0.25) is 0 Å². The quantitative estimate of drug-likeness (QED) is 0.135. The number of hydrogen-bond donors (Lipinski definition) is 1. The van der Waals surface area contributed by atoms with Crippen LogP contribution in [0, 0.1) is 0 Å². The molecular formula is C35H45N6O6P. The zero-order valence-corrected chi connectivity index (χ0v) is 28.6. The lowest BCUT2D eigenvalue weighted by Crippen LogP contribution is -2.48. The standard InChI is InChI=1S/C35H45N6O6P/c1-3-17-39(18-16-36-27-42)30-4-10-33(11-5-30)45-48(46-34-12-6-31(7-13-34)40-21-19-37(28-43)20-22-40)47-35-14-8-32(9-15-35)41-25-23-38(24-26-41)29(2)44/h4-15,27-28H,3,16-26H2,1-2H3,(H,36,42). The summed E-state index contributed by atoms with van der Waals surface area (Å²) < 4.78 is 18.9. The van der Waals surface area contributed by atoms with Gasteiger partial charge in [0.1, 0.15) is 17.2 Å². The van der Waals surface area contributed by atoms with E-state index in [2.05, 4.69) is 26.9 Å². The number of piperazine rings is 2. The smallest absolute Gasteiger partial charge is 0.409 e. The van der Waals surface area contributed by atoms with Crippen molar-refractivity contribution in [3.63, 3.8) is 0 Å². The number of amides is 3. The Hall–Kier alpha value is -4.70. The molecule has 2 aliphatic heterocycles. The number of rotatable bonds is 16. The molecule has 0 radical (unpaired) electrons. The first-order valence-corrected chi connectivity index (χ1v) is 17.6. The fraction of sp³-hybridized carbons (Fsp3) is 0.400. The summed E-state index contributed by atoms with van der Waals surface area (Å²) in [6.07, 6.45) is 2.60. The van der Waals surface area contributed by atoms with Gasteiger partial charge in [-0.3, -0.25) is 14.4 Å². The van der Waals surface area contributed by atoms with Gasteiger partial charge in [0.2, 0.25) is 18.7 Å². The molecule has 0 aliphatic carbocycles. The molecular weight excluding hydrogens is 631 g/mol. The van der Waals surface area contributed by atoms with Gasteiger partial charge in [-0.1, -0.05) is 6.92 Å². The van der Waals surface area contributed by atoms with Crippen molar-refractivity contribution >= 4 is 44.4 Å². The van der Waals surface area contributed by atoms with Crippen molar-refractivity contribution in [1.82, 2.24) is 15.1 Å². The molecule has 0 saturated carbocycles. The summed E-state index contributed by atoms with van der Waals surface area (Å²) >= 11 is 0. The highest BCUT2D eigenvalue weighted by Crippen LogP contribution is 2.43. The van der Waals surface area contributed by atoms with Gasteiger partial charge in [0.05, 0.1) is 0 Å². The minimum atomic E-state index is -1.88. The Bertz CT molecular complexity index is 1450. The molecule has 1 N–H and O–H groups in total. The molecule has 3 aromatic rings. The highest BCUT2D eigenvalue weighted by molar-refractivity contribution is 7.43. The second-order valence-electron chi connectivity index (χ2n) is 11.7. The number of benzene rings is 3. The van der Waals surface area contributed by atoms with Gasteiger partial charge in [-0.15, -0.1) is 0 Å². The lowest BCUT2D eigenvalue weighted by molar-refractivity contribution is -0.129. The maximum Gasteiger partial charge on any atom is 0.530 e. The molecule has 48 heavy (non-hydrogen) atoms.